The van der Waals surface area contributed by atoms with Gasteiger partial charge in [-0.3, -0.25) is 4.79 Å². The number of carbonyl (C=O) groups is 1. The van der Waals surface area contributed by atoms with E-state index < -0.39 is 6.04 Å². The molecule has 0 bridgehead atoms. The number of nitrogens with zero attached hydrogens (tertiary/aromatic N) is 1. The highest BCUT2D eigenvalue weighted by atomic mass is 32.2. The molecule has 19 heavy (non-hydrogen) atoms. The minimum absolute atomic E-state index is 0.0672. The van der Waals surface area contributed by atoms with Crippen LogP contribution in [0.5, 0.6) is 0 Å². The van der Waals surface area contributed by atoms with Crippen LogP contribution < -0.4 is 11.1 Å². The number of hydrogen-bond donors (Lipinski definition) is 2. The Bertz CT molecular complexity index is 370. The van der Waals surface area contributed by atoms with Gasteiger partial charge < -0.3 is 16.0 Å². The van der Waals surface area contributed by atoms with E-state index in [9.17, 15) is 4.79 Å². The molecule has 0 aliphatic carbocycles. The van der Waals surface area contributed by atoms with E-state index in [1.165, 1.54) is 5.56 Å². The van der Waals surface area contributed by atoms with Crippen LogP contribution in [-0.4, -0.2) is 49.8 Å². The first-order valence-electron chi connectivity index (χ1n) is 6.39. The third-order valence-electron chi connectivity index (χ3n) is 2.60. The summed E-state index contributed by atoms with van der Waals surface area (Å²) in [4.78, 5) is 13.7. The van der Waals surface area contributed by atoms with Crippen molar-refractivity contribution in [3.63, 3.8) is 0 Å². The first-order valence-corrected chi connectivity index (χ1v) is 7.54. The molecule has 0 aliphatic rings. The number of amides is 1. The molecule has 0 aromatic heterocycles. The van der Waals surface area contributed by atoms with Crippen LogP contribution >= 0.6 is 11.8 Å². The average molecular weight is 281 g/mol. The van der Waals surface area contributed by atoms with Gasteiger partial charge in [-0.25, -0.2) is 0 Å². The van der Waals surface area contributed by atoms with Crippen LogP contribution in [0.2, 0.25) is 0 Å². The summed E-state index contributed by atoms with van der Waals surface area (Å²) in [7, 11) is 3.95. The molecule has 0 heterocycles. The number of likely N-dealkylation sites (N-methyl/N-ethyl adjacent to an activating group) is 1. The van der Waals surface area contributed by atoms with Gasteiger partial charge in [-0.2, -0.15) is 11.8 Å². The van der Waals surface area contributed by atoms with Crippen molar-refractivity contribution >= 4 is 17.7 Å². The number of rotatable bonds is 8. The van der Waals surface area contributed by atoms with Crippen LogP contribution in [-0.2, 0) is 10.5 Å². The summed E-state index contributed by atoms with van der Waals surface area (Å²) in [5.74, 6) is 1.46. The maximum atomic E-state index is 11.7. The molecule has 1 amide bonds. The molecule has 1 atom stereocenters. The van der Waals surface area contributed by atoms with E-state index in [2.05, 4.69) is 17.4 Å². The molecule has 1 aromatic rings. The van der Waals surface area contributed by atoms with Crippen molar-refractivity contribution in [3.05, 3.63) is 35.9 Å². The smallest absolute Gasteiger partial charge is 0.237 e. The second-order valence-electron chi connectivity index (χ2n) is 4.70. The van der Waals surface area contributed by atoms with Crippen molar-refractivity contribution in [1.29, 1.82) is 0 Å². The van der Waals surface area contributed by atoms with E-state index in [1.54, 1.807) is 11.8 Å². The highest BCUT2D eigenvalue weighted by Crippen LogP contribution is 2.12. The zero-order valence-corrected chi connectivity index (χ0v) is 12.5. The molecule has 3 N–H and O–H groups in total. The molecular formula is C14H23N3OS. The molecule has 0 aliphatic heterocycles. The average Bonchev–Trinajstić information content (AvgIpc) is 2.39. The lowest BCUT2D eigenvalue weighted by Gasteiger charge is -2.14. The summed E-state index contributed by atoms with van der Waals surface area (Å²) in [6, 6.07) is 9.76. The summed E-state index contributed by atoms with van der Waals surface area (Å²) in [5, 5.41) is 2.84. The minimum Gasteiger partial charge on any atom is -0.353 e. The number of hydrogen-bond acceptors (Lipinski definition) is 4. The Morgan fingerprint density at radius 3 is 2.68 bits per heavy atom. The summed E-state index contributed by atoms with van der Waals surface area (Å²) in [6.45, 7) is 1.47. The minimum atomic E-state index is -0.434. The largest absolute Gasteiger partial charge is 0.353 e. The standard InChI is InChI=1S/C14H23N3OS/c1-17(2)9-8-16-14(18)13(15)11-19-10-12-6-4-3-5-7-12/h3-7,13H,8-11,15H2,1-2H3,(H,16,18). The van der Waals surface area contributed by atoms with Gasteiger partial charge in [-0.1, -0.05) is 30.3 Å². The van der Waals surface area contributed by atoms with Crippen LogP contribution in [0.3, 0.4) is 0 Å². The Morgan fingerprint density at radius 1 is 1.37 bits per heavy atom. The van der Waals surface area contributed by atoms with E-state index in [4.69, 9.17) is 5.73 Å². The molecule has 0 saturated carbocycles. The van der Waals surface area contributed by atoms with E-state index in [1.807, 2.05) is 37.2 Å². The topological polar surface area (TPSA) is 58.4 Å². The van der Waals surface area contributed by atoms with Crippen LogP contribution in [0.1, 0.15) is 5.56 Å². The first-order chi connectivity index (χ1) is 9.09. The van der Waals surface area contributed by atoms with Crippen molar-refractivity contribution in [2.24, 2.45) is 5.73 Å². The van der Waals surface area contributed by atoms with Gasteiger partial charge in [0, 0.05) is 24.6 Å². The second-order valence-corrected chi connectivity index (χ2v) is 5.73. The molecular weight excluding hydrogens is 258 g/mol. The summed E-state index contributed by atoms with van der Waals surface area (Å²) in [6.07, 6.45) is 0. The maximum absolute atomic E-state index is 11.7. The number of nitrogens with two attached hydrogens (primary N) is 1. The van der Waals surface area contributed by atoms with Crippen molar-refractivity contribution in [2.45, 2.75) is 11.8 Å². The van der Waals surface area contributed by atoms with E-state index in [0.29, 0.717) is 12.3 Å². The van der Waals surface area contributed by atoms with Crippen molar-refractivity contribution < 1.29 is 4.79 Å². The molecule has 0 fully saturated rings. The number of nitrogens with one attached hydrogen (secondary N) is 1. The third kappa shape index (κ3) is 7.20. The van der Waals surface area contributed by atoms with Crippen LogP contribution in [0.15, 0.2) is 30.3 Å². The van der Waals surface area contributed by atoms with E-state index >= 15 is 0 Å². The highest BCUT2D eigenvalue weighted by molar-refractivity contribution is 7.98. The Labute approximate surface area is 119 Å². The van der Waals surface area contributed by atoms with Gasteiger partial charge in [0.25, 0.3) is 0 Å². The van der Waals surface area contributed by atoms with Gasteiger partial charge >= 0.3 is 0 Å². The van der Waals surface area contributed by atoms with E-state index in [-0.39, 0.29) is 5.91 Å². The summed E-state index contributed by atoms with van der Waals surface area (Å²) >= 11 is 1.69. The maximum Gasteiger partial charge on any atom is 0.237 e. The number of carbonyl (C=O) groups excluding carboxylic acids is 1. The van der Waals surface area contributed by atoms with Gasteiger partial charge in [0.15, 0.2) is 0 Å². The molecule has 1 aromatic carbocycles. The predicted octanol–water partition coefficient (Wildman–Crippen LogP) is 0.925. The van der Waals surface area contributed by atoms with Crippen molar-refractivity contribution in [3.8, 4) is 0 Å². The molecule has 106 valence electrons. The molecule has 4 nitrogen and oxygen atoms in total. The second kappa shape index (κ2) is 8.96. The zero-order valence-electron chi connectivity index (χ0n) is 11.6. The van der Waals surface area contributed by atoms with Gasteiger partial charge in [-0.15, -0.1) is 0 Å². The normalized spacial score (nSPS) is 12.4. The van der Waals surface area contributed by atoms with E-state index in [0.717, 1.165) is 12.3 Å². The Balaban J connectivity index is 2.16. The van der Waals surface area contributed by atoms with Gasteiger partial charge in [-0.05, 0) is 19.7 Å². The summed E-state index contributed by atoms with van der Waals surface area (Å²) < 4.78 is 0. The lowest BCUT2D eigenvalue weighted by atomic mass is 10.2. The Kier molecular flexibility index (Phi) is 7.55. The van der Waals surface area contributed by atoms with Gasteiger partial charge in [0.05, 0.1) is 6.04 Å². The van der Waals surface area contributed by atoms with Gasteiger partial charge in [0.2, 0.25) is 5.91 Å². The van der Waals surface area contributed by atoms with Gasteiger partial charge in [0.1, 0.15) is 0 Å². The predicted molar refractivity (Wildman–Crippen MR) is 82.1 cm³/mol. The molecule has 0 radical (unpaired) electrons. The summed E-state index contributed by atoms with van der Waals surface area (Å²) in [5.41, 5.74) is 7.11. The monoisotopic (exact) mass is 281 g/mol. The fourth-order valence-electron chi connectivity index (χ4n) is 1.49. The molecule has 0 spiro atoms. The molecule has 1 rings (SSSR count). The Morgan fingerprint density at radius 2 is 2.05 bits per heavy atom. The fraction of sp³-hybridized carbons (Fsp3) is 0.500. The highest BCUT2D eigenvalue weighted by Gasteiger charge is 2.12. The van der Waals surface area contributed by atoms with Crippen LogP contribution in [0, 0.1) is 0 Å². The van der Waals surface area contributed by atoms with Crippen molar-refractivity contribution in [1.82, 2.24) is 10.2 Å². The zero-order chi connectivity index (χ0) is 14.1. The third-order valence-corrected chi connectivity index (χ3v) is 3.74. The van der Waals surface area contributed by atoms with Crippen LogP contribution in [0.4, 0.5) is 0 Å². The van der Waals surface area contributed by atoms with Crippen molar-refractivity contribution in [2.75, 3.05) is 32.9 Å². The lowest BCUT2D eigenvalue weighted by molar-refractivity contribution is -0.121. The number of thioether (sulfide) groups is 1. The van der Waals surface area contributed by atoms with Crippen LogP contribution in [0.25, 0.3) is 0 Å². The quantitative estimate of drug-likeness (QED) is 0.744. The SMILES string of the molecule is CN(C)CCNC(=O)C(N)CSCc1ccccc1. The number of benzene rings is 1. The first kappa shape index (κ1) is 16.0. The Hall–Kier alpha value is -1.04. The molecule has 5 heteroatoms. The fourth-order valence-corrected chi connectivity index (χ4v) is 2.44. The lowest BCUT2D eigenvalue weighted by Crippen LogP contribution is -2.44. The molecule has 0 saturated heterocycles. The molecule has 1 unspecified atom stereocenters.